The standard InChI is InChI=1S/C11H8O5/c1-15-7-4-2-6(3-5-7)8-9(12)11(14)16-10(8)13/h2-5,12H,1H3. The summed E-state index contributed by atoms with van der Waals surface area (Å²) in [5.41, 5.74) is 0.293. The second-order valence-corrected chi connectivity index (χ2v) is 3.13. The van der Waals surface area contributed by atoms with Gasteiger partial charge in [0.2, 0.25) is 5.76 Å². The second-order valence-electron chi connectivity index (χ2n) is 3.13. The van der Waals surface area contributed by atoms with Crippen molar-refractivity contribution in [2.24, 2.45) is 0 Å². The third kappa shape index (κ3) is 1.52. The Hall–Kier alpha value is -2.30. The highest BCUT2D eigenvalue weighted by Crippen LogP contribution is 2.26. The van der Waals surface area contributed by atoms with E-state index in [0.717, 1.165) is 0 Å². The number of carbonyl (C=O) groups is 2. The molecule has 0 spiro atoms. The van der Waals surface area contributed by atoms with Gasteiger partial charge in [-0.25, -0.2) is 9.59 Å². The van der Waals surface area contributed by atoms with Crippen molar-refractivity contribution >= 4 is 17.5 Å². The van der Waals surface area contributed by atoms with Crippen LogP contribution in [0.3, 0.4) is 0 Å². The van der Waals surface area contributed by atoms with E-state index in [1.165, 1.54) is 7.11 Å². The van der Waals surface area contributed by atoms with Gasteiger partial charge in [-0.3, -0.25) is 0 Å². The fourth-order valence-electron chi connectivity index (χ4n) is 1.39. The molecule has 5 nitrogen and oxygen atoms in total. The monoisotopic (exact) mass is 220 g/mol. The fraction of sp³-hybridized carbons (Fsp3) is 0.0909. The Morgan fingerprint density at radius 1 is 1.12 bits per heavy atom. The van der Waals surface area contributed by atoms with Gasteiger partial charge < -0.3 is 14.6 Å². The van der Waals surface area contributed by atoms with E-state index in [9.17, 15) is 14.7 Å². The number of rotatable bonds is 2. The Kier molecular flexibility index (Phi) is 2.36. The van der Waals surface area contributed by atoms with E-state index in [4.69, 9.17) is 4.74 Å². The van der Waals surface area contributed by atoms with Crippen LogP contribution in [0.2, 0.25) is 0 Å². The van der Waals surface area contributed by atoms with E-state index < -0.39 is 17.7 Å². The predicted molar refractivity (Wildman–Crippen MR) is 53.6 cm³/mol. The molecule has 0 unspecified atom stereocenters. The number of carbonyl (C=O) groups excluding carboxylic acids is 2. The summed E-state index contributed by atoms with van der Waals surface area (Å²) in [6.45, 7) is 0. The largest absolute Gasteiger partial charge is 0.501 e. The maximum Gasteiger partial charge on any atom is 0.382 e. The number of aliphatic hydroxyl groups is 1. The van der Waals surface area contributed by atoms with Gasteiger partial charge in [-0.1, -0.05) is 12.1 Å². The minimum atomic E-state index is -1.02. The topological polar surface area (TPSA) is 72.8 Å². The summed E-state index contributed by atoms with van der Waals surface area (Å²) >= 11 is 0. The summed E-state index contributed by atoms with van der Waals surface area (Å²) in [5.74, 6) is -1.90. The zero-order chi connectivity index (χ0) is 11.7. The summed E-state index contributed by atoms with van der Waals surface area (Å²) < 4.78 is 9.21. The molecule has 5 heteroatoms. The fourth-order valence-corrected chi connectivity index (χ4v) is 1.39. The number of hydrogen-bond donors (Lipinski definition) is 1. The van der Waals surface area contributed by atoms with Crippen molar-refractivity contribution in [1.29, 1.82) is 0 Å². The molecule has 0 bridgehead atoms. The van der Waals surface area contributed by atoms with Crippen molar-refractivity contribution in [3.05, 3.63) is 35.6 Å². The van der Waals surface area contributed by atoms with Crippen LogP contribution in [0, 0.1) is 0 Å². The molecule has 0 atom stereocenters. The van der Waals surface area contributed by atoms with Gasteiger partial charge in [0.15, 0.2) is 0 Å². The number of esters is 2. The average molecular weight is 220 g/mol. The normalized spacial score (nSPS) is 15.3. The summed E-state index contributed by atoms with van der Waals surface area (Å²) in [6.07, 6.45) is 0. The molecule has 0 aromatic heterocycles. The molecule has 0 saturated heterocycles. The summed E-state index contributed by atoms with van der Waals surface area (Å²) in [7, 11) is 1.51. The molecule has 1 aromatic carbocycles. The minimum absolute atomic E-state index is 0.118. The van der Waals surface area contributed by atoms with Gasteiger partial charge in [-0.05, 0) is 17.7 Å². The maximum absolute atomic E-state index is 11.3. The first-order valence-corrected chi connectivity index (χ1v) is 4.47. The minimum Gasteiger partial charge on any atom is -0.501 e. The molecule has 0 saturated carbocycles. The molecule has 1 N–H and O–H groups in total. The van der Waals surface area contributed by atoms with Crippen LogP contribution >= 0.6 is 0 Å². The SMILES string of the molecule is COc1ccc(C2=C(O)C(=O)OC2=O)cc1. The van der Waals surface area contributed by atoms with Gasteiger partial charge in [0, 0.05) is 0 Å². The van der Waals surface area contributed by atoms with Crippen LogP contribution in [0.5, 0.6) is 5.75 Å². The first-order valence-electron chi connectivity index (χ1n) is 4.47. The molecule has 16 heavy (non-hydrogen) atoms. The van der Waals surface area contributed by atoms with Gasteiger partial charge >= 0.3 is 11.9 Å². The number of benzene rings is 1. The van der Waals surface area contributed by atoms with Crippen molar-refractivity contribution < 1.29 is 24.2 Å². The summed E-state index contributed by atoms with van der Waals surface area (Å²) in [6, 6.07) is 6.35. The first kappa shape index (κ1) is 10.2. The van der Waals surface area contributed by atoms with Crippen LogP contribution in [0.15, 0.2) is 30.0 Å². The third-order valence-corrected chi connectivity index (χ3v) is 2.20. The van der Waals surface area contributed by atoms with Crippen molar-refractivity contribution in [3.8, 4) is 5.75 Å². The zero-order valence-electron chi connectivity index (χ0n) is 8.39. The molecule has 1 aliphatic rings. The molecule has 1 heterocycles. The van der Waals surface area contributed by atoms with E-state index in [0.29, 0.717) is 11.3 Å². The smallest absolute Gasteiger partial charge is 0.382 e. The third-order valence-electron chi connectivity index (χ3n) is 2.20. The van der Waals surface area contributed by atoms with Crippen LogP contribution in [-0.4, -0.2) is 24.2 Å². The molecule has 0 aliphatic carbocycles. The van der Waals surface area contributed by atoms with E-state index in [1.807, 2.05) is 0 Å². The molecule has 82 valence electrons. The van der Waals surface area contributed by atoms with E-state index in [-0.39, 0.29) is 5.57 Å². The number of aliphatic hydroxyl groups excluding tert-OH is 1. The maximum atomic E-state index is 11.3. The van der Waals surface area contributed by atoms with Gasteiger partial charge in [0.05, 0.1) is 7.11 Å². The highest BCUT2D eigenvalue weighted by atomic mass is 16.6. The van der Waals surface area contributed by atoms with Crippen LogP contribution in [0.25, 0.3) is 5.57 Å². The van der Waals surface area contributed by atoms with Crippen molar-refractivity contribution in [2.75, 3.05) is 7.11 Å². The molecule has 0 fully saturated rings. The molecule has 0 amide bonds. The summed E-state index contributed by atoms with van der Waals surface area (Å²) in [4.78, 5) is 22.2. The molecular formula is C11H8O5. The Balaban J connectivity index is 2.44. The lowest BCUT2D eigenvalue weighted by molar-refractivity contribution is -0.151. The zero-order valence-corrected chi connectivity index (χ0v) is 8.39. The van der Waals surface area contributed by atoms with Crippen molar-refractivity contribution in [1.82, 2.24) is 0 Å². The van der Waals surface area contributed by atoms with Crippen LogP contribution in [0.1, 0.15) is 5.56 Å². The predicted octanol–water partition coefficient (Wildman–Crippen LogP) is 1.05. The van der Waals surface area contributed by atoms with Crippen molar-refractivity contribution in [3.63, 3.8) is 0 Å². The van der Waals surface area contributed by atoms with E-state index in [2.05, 4.69) is 4.74 Å². The lowest BCUT2D eigenvalue weighted by Gasteiger charge is -2.01. The molecular weight excluding hydrogens is 212 g/mol. The number of hydrogen-bond acceptors (Lipinski definition) is 5. The number of methoxy groups -OCH3 is 1. The van der Waals surface area contributed by atoms with E-state index in [1.54, 1.807) is 24.3 Å². The molecule has 0 radical (unpaired) electrons. The Labute approximate surface area is 90.9 Å². The molecule has 1 aromatic rings. The second kappa shape index (κ2) is 3.69. The number of cyclic esters (lactones) is 2. The van der Waals surface area contributed by atoms with Gasteiger partial charge in [0.1, 0.15) is 11.3 Å². The summed E-state index contributed by atoms with van der Waals surface area (Å²) in [5, 5.41) is 9.36. The van der Waals surface area contributed by atoms with Crippen molar-refractivity contribution in [2.45, 2.75) is 0 Å². The van der Waals surface area contributed by atoms with Gasteiger partial charge in [-0.2, -0.15) is 0 Å². The average Bonchev–Trinajstić information content (AvgIpc) is 2.54. The highest BCUT2D eigenvalue weighted by Gasteiger charge is 2.33. The Bertz CT molecular complexity index is 484. The van der Waals surface area contributed by atoms with Crippen LogP contribution in [0.4, 0.5) is 0 Å². The van der Waals surface area contributed by atoms with E-state index >= 15 is 0 Å². The Morgan fingerprint density at radius 3 is 2.19 bits per heavy atom. The Morgan fingerprint density at radius 2 is 1.75 bits per heavy atom. The molecule has 2 rings (SSSR count). The molecule has 1 aliphatic heterocycles. The van der Waals surface area contributed by atoms with Crippen LogP contribution in [-0.2, 0) is 14.3 Å². The quantitative estimate of drug-likeness (QED) is 0.595. The highest BCUT2D eigenvalue weighted by molar-refractivity contribution is 6.29. The van der Waals surface area contributed by atoms with Gasteiger partial charge in [0.25, 0.3) is 0 Å². The number of ether oxygens (including phenoxy) is 2. The van der Waals surface area contributed by atoms with Gasteiger partial charge in [-0.15, -0.1) is 0 Å². The first-order chi connectivity index (χ1) is 7.63. The van der Waals surface area contributed by atoms with Crippen LogP contribution < -0.4 is 4.74 Å². The lowest BCUT2D eigenvalue weighted by Crippen LogP contribution is -2.01. The lowest BCUT2D eigenvalue weighted by atomic mass is 10.1.